The molecule has 2 aromatic carbocycles. The van der Waals surface area contributed by atoms with E-state index in [1.54, 1.807) is 24.3 Å². The van der Waals surface area contributed by atoms with E-state index in [4.69, 9.17) is 11.2 Å². The lowest BCUT2D eigenvalue weighted by molar-refractivity contribution is -0.384. The number of benzene rings is 2. The maximum atomic E-state index is 12.1. The third kappa shape index (κ3) is 3.84. The predicted molar refractivity (Wildman–Crippen MR) is 81.8 cm³/mol. The number of anilines is 1. The van der Waals surface area contributed by atoms with Crippen molar-refractivity contribution in [3.05, 3.63) is 64.2 Å². The van der Waals surface area contributed by atoms with Crippen molar-refractivity contribution in [2.75, 3.05) is 11.9 Å². The molecule has 0 saturated carbocycles. The number of nitrogens with one attached hydrogen (secondary N) is 1. The summed E-state index contributed by atoms with van der Waals surface area (Å²) in [5.74, 6) is 2.51. The van der Waals surface area contributed by atoms with Crippen LogP contribution in [0.5, 0.6) is 5.75 Å². The Bertz CT molecular complexity index is 733. The van der Waals surface area contributed by atoms with Crippen LogP contribution >= 0.6 is 0 Å². The fourth-order valence-electron chi connectivity index (χ4n) is 1.72. The Balaban J connectivity index is 2.07. The Labute approximate surface area is 126 Å². The van der Waals surface area contributed by atoms with Crippen molar-refractivity contribution in [2.24, 2.45) is 0 Å². The van der Waals surface area contributed by atoms with Crippen LogP contribution in [0.25, 0.3) is 0 Å². The fraction of sp³-hybridized carbons (Fsp3) is 0.0625. The lowest BCUT2D eigenvalue weighted by atomic mass is 10.2. The number of carbonyl (C=O) groups excluding carboxylic acids is 1. The van der Waals surface area contributed by atoms with Crippen molar-refractivity contribution < 1.29 is 14.5 Å². The van der Waals surface area contributed by atoms with E-state index in [0.717, 1.165) is 0 Å². The number of nitro groups is 1. The van der Waals surface area contributed by atoms with Crippen LogP contribution < -0.4 is 10.1 Å². The third-order valence-electron chi connectivity index (χ3n) is 2.75. The van der Waals surface area contributed by atoms with E-state index >= 15 is 0 Å². The minimum atomic E-state index is -0.547. The van der Waals surface area contributed by atoms with E-state index in [1.807, 2.05) is 0 Å². The molecule has 0 fully saturated rings. The first kappa shape index (κ1) is 15.1. The zero-order chi connectivity index (χ0) is 15.9. The molecule has 2 aromatic rings. The summed E-state index contributed by atoms with van der Waals surface area (Å²) in [6, 6.07) is 12.2. The molecule has 0 aliphatic heterocycles. The van der Waals surface area contributed by atoms with Crippen molar-refractivity contribution in [1.82, 2.24) is 0 Å². The van der Waals surface area contributed by atoms with E-state index in [2.05, 4.69) is 11.2 Å². The van der Waals surface area contributed by atoms with E-state index in [9.17, 15) is 14.9 Å². The van der Waals surface area contributed by atoms with Gasteiger partial charge in [-0.3, -0.25) is 14.9 Å². The molecule has 0 aliphatic carbocycles. The summed E-state index contributed by atoms with van der Waals surface area (Å²) >= 11 is 0. The monoisotopic (exact) mass is 296 g/mol. The number of carbonyl (C=O) groups is 1. The lowest BCUT2D eigenvalue weighted by Gasteiger charge is -2.07. The molecule has 2 rings (SSSR count). The average Bonchev–Trinajstić information content (AvgIpc) is 2.54. The highest BCUT2D eigenvalue weighted by Gasteiger charge is 2.11. The second-order valence-electron chi connectivity index (χ2n) is 4.28. The predicted octanol–water partition coefficient (Wildman–Crippen LogP) is 2.86. The molecule has 0 spiro atoms. The highest BCUT2D eigenvalue weighted by molar-refractivity contribution is 6.04. The summed E-state index contributed by atoms with van der Waals surface area (Å²) in [5.41, 5.74) is 0.622. The topological polar surface area (TPSA) is 81.5 Å². The Hall–Kier alpha value is -3.33. The van der Waals surface area contributed by atoms with Gasteiger partial charge in [0.05, 0.1) is 4.92 Å². The minimum absolute atomic E-state index is 0.134. The normalized spacial score (nSPS) is 9.59. The molecular weight excluding hydrogens is 284 g/mol. The molecule has 0 unspecified atom stereocenters. The van der Waals surface area contributed by atoms with Gasteiger partial charge in [0.2, 0.25) is 0 Å². The first-order chi connectivity index (χ1) is 10.6. The number of rotatable bonds is 5. The quantitative estimate of drug-likeness (QED) is 0.522. The maximum Gasteiger partial charge on any atom is 0.270 e. The van der Waals surface area contributed by atoms with Crippen molar-refractivity contribution in [3.8, 4) is 18.1 Å². The van der Waals surface area contributed by atoms with Crippen molar-refractivity contribution in [3.63, 3.8) is 0 Å². The lowest BCUT2D eigenvalue weighted by Crippen LogP contribution is -2.12. The number of ether oxygens (including phenoxy) is 1. The number of hydrogen-bond acceptors (Lipinski definition) is 4. The minimum Gasteiger partial charge on any atom is -0.481 e. The van der Waals surface area contributed by atoms with Crippen LogP contribution in [-0.2, 0) is 0 Å². The van der Waals surface area contributed by atoms with Gasteiger partial charge in [-0.15, -0.1) is 6.42 Å². The molecule has 0 radical (unpaired) electrons. The van der Waals surface area contributed by atoms with Crippen LogP contribution in [0.4, 0.5) is 11.4 Å². The van der Waals surface area contributed by atoms with E-state index in [-0.39, 0.29) is 17.9 Å². The second kappa shape index (κ2) is 6.90. The third-order valence-corrected chi connectivity index (χ3v) is 2.75. The maximum absolute atomic E-state index is 12.1. The van der Waals surface area contributed by atoms with Crippen molar-refractivity contribution in [2.45, 2.75) is 0 Å². The number of amides is 1. The molecule has 0 saturated heterocycles. The van der Waals surface area contributed by atoms with Crippen LogP contribution in [0.1, 0.15) is 10.4 Å². The van der Waals surface area contributed by atoms with Crippen LogP contribution in [0, 0.1) is 22.5 Å². The average molecular weight is 296 g/mol. The Morgan fingerprint density at radius 2 is 2.00 bits per heavy atom. The summed E-state index contributed by atoms with van der Waals surface area (Å²) in [4.78, 5) is 22.2. The summed E-state index contributed by atoms with van der Waals surface area (Å²) in [5, 5.41) is 13.4. The SMILES string of the molecule is C#CCOc1ccc(NC(=O)c2cccc([N+](=O)[O-])c2)cc1. The molecular formula is C16H12N2O4. The van der Waals surface area contributed by atoms with Crippen LogP contribution in [0.15, 0.2) is 48.5 Å². The standard InChI is InChI=1S/C16H12N2O4/c1-2-10-22-15-8-6-13(7-9-15)17-16(19)12-4-3-5-14(11-12)18(20)21/h1,3-9,11H,10H2,(H,17,19). The van der Waals surface area contributed by atoms with Crippen molar-refractivity contribution >= 4 is 17.3 Å². The largest absolute Gasteiger partial charge is 0.481 e. The molecule has 22 heavy (non-hydrogen) atoms. The number of terminal acetylenes is 1. The van der Waals surface area contributed by atoms with Gasteiger partial charge in [0.15, 0.2) is 0 Å². The summed E-state index contributed by atoms with van der Waals surface area (Å²) in [7, 11) is 0. The number of nitro benzene ring substituents is 1. The van der Waals surface area contributed by atoms with Crippen molar-refractivity contribution in [1.29, 1.82) is 0 Å². The molecule has 6 heteroatoms. The molecule has 110 valence electrons. The number of nitrogens with zero attached hydrogens (tertiary/aromatic N) is 1. The molecule has 0 atom stereocenters. The molecule has 0 aromatic heterocycles. The fourth-order valence-corrected chi connectivity index (χ4v) is 1.72. The Morgan fingerprint density at radius 1 is 1.27 bits per heavy atom. The van der Waals surface area contributed by atoms with Crippen LogP contribution in [0.3, 0.4) is 0 Å². The van der Waals surface area contributed by atoms with Gasteiger partial charge < -0.3 is 10.1 Å². The van der Waals surface area contributed by atoms with Gasteiger partial charge in [0, 0.05) is 23.4 Å². The van der Waals surface area contributed by atoms with E-state index in [0.29, 0.717) is 11.4 Å². The van der Waals surface area contributed by atoms with E-state index in [1.165, 1.54) is 24.3 Å². The van der Waals surface area contributed by atoms with E-state index < -0.39 is 10.8 Å². The molecule has 0 heterocycles. The Kier molecular flexibility index (Phi) is 4.73. The highest BCUT2D eigenvalue weighted by atomic mass is 16.6. The zero-order valence-corrected chi connectivity index (χ0v) is 11.5. The molecule has 0 aliphatic rings. The second-order valence-corrected chi connectivity index (χ2v) is 4.28. The number of non-ortho nitro benzene ring substituents is 1. The van der Waals surface area contributed by atoms with Gasteiger partial charge in [-0.2, -0.15) is 0 Å². The summed E-state index contributed by atoms with van der Waals surface area (Å²) < 4.78 is 5.22. The summed E-state index contributed by atoms with van der Waals surface area (Å²) in [6.07, 6.45) is 5.09. The molecule has 1 amide bonds. The first-order valence-corrected chi connectivity index (χ1v) is 6.32. The molecule has 0 bridgehead atoms. The zero-order valence-electron chi connectivity index (χ0n) is 11.5. The molecule has 6 nitrogen and oxygen atoms in total. The summed E-state index contributed by atoms with van der Waals surface area (Å²) in [6.45, 7) is 0.166. The van der Waals surface area contributed by atoms with Gasteiger partial charge in [-0.1, -0.05) is 12.0 Å². The van der Waals surface area contributed by atoms with Gasteiger partial charge in [-0.05, 0) is 30.3 Å². The number of hydrogen-bond donors (Lipinski definition) is 1. The van der Waals surface area contributed by atoms with Gasteiger partial charge in [0.1, 0.15) is 12.4 Å². The van der Waals surface area contributed by atoms with Gasteiger partial charge >= 0.3 is 0 Å². The molecule has 1 N–H and O–H groups in total. The van der Waals surface area contributed by atoms with Crippen LogP contribution in [0.2, 0.25) is 0 Å². The van der Waals surface area contributed by atoms with Gasteiger partial charge in [-0.25, -0.2) is 0 Å². The highest BCUT2D eigenvalue weighted by Crippen LogP contribution is 2.18. The van der Waals surface area contributed by atoms with Crippen LogP contribution in [-0.4, -0.2) is 17.4 Å². The van der Waals surface area contributed by atoms with Gasteiger partial charge in [0.25, 0.3) is 11.6 Å². The smallest absolute Gasteiger partial charge is 0.270 e. The Morgan fingerprint density at radius 3 is 2.64 bits per heavy atom. The first-order valence-electron chi connectivity index (χ1n) is 6.32.